The van der Waals surface area contributed by atoms with Gasteiger partial charge in [0.05, 0.1) is 6.61 Å². The van der Waals surface area contributed by atoms with Crippen molar-refractivity contribution in [3.63, 3.8) is 0 Å². The van der Waals surface area contributed by atoms with E-state index >= 15 is 0 Å². The highest BCUT2D eigenvalue weighted by molar-refractivity contribution is 5.69. The maximum absolute atomic E-state index is 11.4. The Morgan fingerprint density at radius 1 is 0.533 bits per heavy atom. The minimum Gasteiger partial charge on any atom is -0.481 e. The van der Waals surface area contributed by atoms with Crippen LogP contribution in [0.15, 0.2) is 12.2 Å². The number of allylic oxidation sites excluding steroid dienone is 2. The summed E-state index contributed by atoms with van der Waals surface area (Å²) in [7, 11) is 0. The highest BCUT2D eigenvalue weighted by atomic mass is 16.5. The van der Waals surface area contributed by atoms with E-state index in [2.05, 4.69) is 26.0 Å². The van der Waals surface area contributed by atoms with Gasteiger partial charge in [0.25, 0.3) is 0 Å². The van der Waals surface area contributed by atoms with Crippen molar-refractivity contribution in [2.75, 3.05) is 13.2 Å². The first kappa shape index (κ1) is 45.7. The lowest BCUT2D eigenvalue weighted by Gasteiger charge is -2.08. The highest BCUT2D eigenvalue weighted by Gasteiger charge is 2.07. The van der Waals surface area contributed by atoms with E-state index in [9.17, 15) is 9.59 Å². The summed E-state index contributed by atoms with van der Waals surface area (Å²) in [5.41, 5.74) is 0. The molecule has 45 heavy (non-hydrogen) atoms. The molecule has 0 heterocycles. The molecule has 6 heteroatoms. The molecule has 3 N–H and O–H groups in total. The quantitative estimate of drug-likeness (QED) is 0.0367. The van der Waals surface area contributed by atoms with Crippen molar-refractivity contribution >= 4 is 11.9 Å². The molecule has 0 rings (SSSR count). The summed E-state index contributed by atoms with van der Waals surface area (Å²) in [5, 5.41) is 26.2. The van der Waals surface area contributed by atoms with E-state index in [0.717, 1.165) is 38.5 Å². The van der Waals surface area contributed by atoms with Crippen LogP contribution in [0.2, 0.25) is 0 Å². The highest BCUT2D eigenvalue weighted by Crippen LogP contribution is 2.14. The van der Waals surface area contributed by atoms with Crippen molar-refractivity contribution in [1.29, 1.82) is 0 Å². The molecule has 0 bridgehead atoms. The lowest BCUT2D eigenvalue weighted by atomic mass is 10.0. The van der Waals surface area contributed by atoms with Gasteiger partial charge in [-0.25, -0.2) is 0 Å². The standard InChI is InChI=1S/C21H40O4.C18H36O2/c1-2-3-4-5-6-7-8-9-10-11-12-13-14-15-16-17-21(24)25-19-20(23)18-22;1-2-3-4-5-6-7-8-9-10-11-12-13-14-15-16-17-18(19)20/h9-10,20,22-23H,2-8,11-19H2,1H3;2-17H2,1H3,(H,19,20)/b10-9-;. The smallest absolute Gasteiger partial charge is 0.305 e. The van der Waals surface area contributed by atoms with Crippen molar-refractivity contribution in [2.45, 2.75) is 213 Å². The fourth-order valence-corrected chi connectivity index (χ4v) is 5.30. The van der Waals surface area contributed by atoms with Crippen LogP contribution in [0.25, 0.3) is 0 Å². The molecule has 0 saturated carbocycles. The Balaban J connectivity index is 0. The Bertz CT molecular complexity index is 621. The molecule has 1 atom stereocenters. The maximum Gasteiger partial charge on any atom is 0.305 e. The van der Waals surface area contributed by atoms with E-state index in [1.54, 1.807) is 0 Å². The fraction of sp³-hybridized carbons (Fsp3) is 0.897. The first-order valence-corrected chi connectivity index (χ1v) is 19.3. The van der Waals surface area contributed by atoms with E-state index in [1.807, 2.05) is 0 Å². The predicted octanol–water partition coefficient (Wildman–Crippen LogP) is 11.3. The molecule has 0 radical (unpaired) electrons. The average Bonchev–Trinajstić information content (AvgIpc) is 3.03. The van der Waals surface area contributed by atoms with E-state index < -0.39 is 12.1 Å². The van der Waals surface area contributed by atoms with Gasteiger partial charge in [-0.1, -0.05) is 167 Å². The molecular formula is C39H76O6. The third kappa shape index (κ3) is 44.8. The van der Waals surface area contributed by atoms with Gasteiger partial charge in [-0.05, 0) is 38.5 Å². The SMILES string of the molecule is CCCCCCCC/C=C\CCCCCCCC(=O)OCC(O)CO.CCCCCCCCCCCCCCCCCC(=O)O. The number of aliphatic carboxylic acids is 1. The van der Waals surface area contributed by atoms with Crippen molar-refractivity contribution in [3.8, 4) is 0 Å². The zero-order valence-corrected chi connectivity index (χ0v) is 29.9. The van der Waals surface area contributed by atoms with Gasteiger partial charge in [0.15, 0.2) is 0 Å². The molecule has 0 aliphatic carbocycles. The van der Waals surface area contributed by atoms with Gasteiger partial charge >= 0.3 is 11.9 Å². The number of esters is 1. The van der Waals surface area contributed by atoms with Gasteiger partial charge in [0.1, 0.15) is 12.7 Å². The molecule has 0 aliphatic rings. The molecular weight excluding hydrogens is 564 g/mol. The molecule has 268 valence electrons. The Kier molecular flexibility index (Phi) is 41.3. The first-order chi connectivity index (χ1) is 22.0. The molecule has 0 aromatic carbocycles. The van der Waals surface area contributed by atoms with Crippen LogP contribution >= 0.6 is 0 Å². The lowest BCUT2D eigenvalue weighted by Crippen LogP contribution is -2.21. The summed E-state index contributed by atoms with van der Waals surface area (Å²) in [6, 6.07) is 0. The summed E-state index contributed by atoms with van der Waals surface area (Å²) < 4.78 is 4.86. The summed E-state index contributed by atoms with van der Waals surface area (Å²) in [5.74, 6) is -0.940. The second kappa shape index (κ2) is 40.6. The van der Waals surface area contributed by atoms with Crippen molar-refractivity contribution in [2.24, 2.45) is 0 Å². The summed E-state index contributed by atoms with van der Waals surface area (Å²) in [4.78, 5) is 21.7. The van der Waals surface area contributed by atoms with Crippen LogP contribution in [0, 0.1) is 0 Å². The van der Waals surface area contributed by atoms with E-state index in [4.69, 9.17) is 20.1 Å². The number of ether oxygens (including phenoxy) is 1. The topological polar surface area (TPSA) is 104 Å². The average molecular weight is 641 g/mol. The number of carboxylic acids is 1. The van der Waals surface area contributed by atoms with Gasteiger partial charge in [0, 0.05) is 12.8 Å². The van der Waals surface area contributed by atoms with Crippen LogP contribution in [0.1, 0.15) is 206 Å². The van der Waals surface area contributed by atoms with Crippen LogP contribution in [0.3, 0.4) is 0 Å². The minimum absolute atomic E-state index is 0.111. The van der Waals surface area contributed by atoms with Crippen LogP contribution in [0.5, 0.6) is 0 Å². The molecule has 0 aromatic rings. The van der Waals surface area contributed by atoms with Gasteiger partial charge in [-0.3, -0.25) is 9.59 Å². The largest absolute Gasteiger partial charge is 0.481 e. The second-order valence-corrected chi connectivity index (χ2v) is 12.9. The number of hydrogen-bond donors (Lipinski definition) is 3. The number of carbonyl (C=O) groups excluding carboxylic acids is 1. The van der Waals surface area contributed by atoms with Crippen molar-refractivity contribution in [1.82, 2.24) is 0 Å². The summed E-state index contributed by atoms with van der Waals surface area (Å²) in [6.45, 7) is 4.04. The van der Waals surface area contributed by atoms with E-state index in [0.29, 0.717) is 12.8 Å². The number of hydrogen-bond acceptors (Lipinski definition) is 5. The van der Waals surface area contributed by atoms with Gasteiger partial charge < -0.3 is 20.1 Å². The number of aliphatic hydroxyl groups is 2. The number of unbranched alkanes of at least 4 members (excludes halogenated alkanes) is 25. The van der Waals surface area contributed by atoms with Gasteiger partial charge in [-0.2, -0.15) is 0 Å². The third-order valence-corrected chi connectivity index (χ3v) is 8.28. The van der Waals surface area contributed by atoms with Crippen molar-refractivity contribution < 1.29 is 29.6 Å². The zero-order chi connectivity index (χ0) is 33.5. The van der Waals surface area contributed by atoms with Crippen molar-refractivity contribution in [3.05, 3.63) is 12.2 Å². The number of carbonyl (C=O) groups is 2. The Hall–Kier alpha value is -1.40. The van der Waals surface area contributed by atoms with Gasteiger partial charge in [0.2, 0.25) is 0 Å². The molecule has 0 aromatic heterocycles. The Morgan fingerprint density at radius 3 is 1.22 bits per heavy atom. The van der Waals surface area contributed by atoms with E-state index in [1.165, 1.54) is 141 Å². The van der Waals surface area contributed by atoms with E-state index in [-0.39, 0.29) is 19.2 Å². The fourth-order valence-electron chi connectivity index (χ4n) is 5.30. The molecule has 6 nitrogen and oxygen atoms in total. The molecule has 1 unspecified atom stereocenters. The van der Waals surface area contributed by atoms with Crippen LogP contribution < -0.4 is 0 Å². The number of aliphatic hydroxyl groups excluding tert-OH is 2. The normalized spacial score (nSPS) is 11.8. The predicted molar refractivity (Wildman–Crippen MR) is 191 cm³/mol. The summed E-state index contributed by atoms with van der Waals surface area (Å²) >= 11 is 0. The monoisotopic (exact) mass is 641 g/mol. The Labute approximate surface area is 279 Å². The number of rotatable bonds is 34. The molecule has 0 aliphatic heterocycles. The lowest BCUT2D eigenvalue weighted by molar-refractivity contribution is -0.147. The first-order valence-electron chi connectivity index (χ1n) is 19.3. The van der Waals surface area contributed by atoms with Crippen LogP contribution in [-0.2, 0) is 14.3 Å². The Morgan fingerprint density at radius 2 is 0.867 bits per heavy atom. The minimum atomic E-state index is -0.960. The zero-order valence-electron chi connectivity index (χ0n) is 29.9. The van der Waals surface area contributed by atoms with Crippen LogP contribution in [0.4, 0.5) is 0 Å². The molecule has 0 spiro atoms. The number of carboxylic acid groups (broad SMARTS) is 1. The maximum atomic E-state index is 11.4. The third-order valence-electron chi connectivity index (χ3n) is 8.28. The second-order valence-electron chi connectivity index (χ2n) is 12.9. The van der Waals surface area contributed by atoms with Gasteiger partial charge in [-0.15, -0.1) is 0 Å². The summed E-state index contributed by atoms with van der Waals surface area (Å²) in [6.07, 6.45) is 40.3. The molecule has 0 fully saturated rings. The molecule has 0 amide bonds. The molecule has 0 saturated heterocycles. The van der Waals surface area contributed by atoms with Crippen LogP contribution in [-0.4, -0.2) is 46.6 Å².